The fourth-order valence-corrected chi connectivity index (χ4v) is 5.60. The molecule has 6 nitrogen and oxygen atoms in total. The third-order valence-electron chi connectivity index (χ3n) is 8.01. The van der Waals surface area contributed by atoms with Gasteiger partial charge in [0, 0.05) is 19.3 Å². The molecule has 1 rings (SSSR count). The molecule has 0 aromatic rings. The van der Waals surface area contributed by atoms with Crippen molar-refractivity contribution >= 4 is 17.9 Å². The van der Waals surface area contributed by atoms with Crippen molar-refractivity contribution in [1.29, 1.82) is 0 Å². The topological polar surface area (TPSA) is 78.9 Å². The molecule has 3 atom stereocenters. The van der Waals surface area contributed by atoms with E-state index in [-0.39, 0.29) is 17.9 Å². The maximum atomic E-state index is 12.4. The number of esters is 3. The van der Waals surface area contributed by atoms with Crippen molar-refractivity contribution in [3.63, 3.8) is 0 Å². The van der Waals surface area contributed by atoms with E-state index in [4.69, 9.17) is 14.2 Å². The molecule has 0 N–H and O–H groups in total. The molecule has 1 saturated carbocycles. The number of hydrogen-bond donors (Lipinski definition) is 0. The van der Waals surface area contributed by atoms with Gasteiger partial charge in [0.1, 0.15) is 0 Å². The summed E-state index contributed by atoms with van der Waals surface area (Å²) in [6.45, 7) is 14.6. The average Bonchev–Trinajstić information content (AvgIpc) is 2.88. The molecule has 0 bridgehead atoms. The Bertz CT molecular complexity index is 671. The lowest BCUT2D eigenvalue weighted by molar-refractivity contribution is -0.146. The molecule has 1 aliphatic carbocycles. The van der Waals surface area contributed by atoms with Crippen LogP contribution in [-0.2, 0) is 28.6 Å². The average molecular weight is 553 g/mol. The Morgan fingerprint density at radius 3 is 1.36 bits per heavy atom. The van der Waals surface area contributed by atoms with E-state index in [1.165, 1.54) is 0 Å². The van der Waals surface area contributed by atoms with Crippen molar-refractivity contribution in [2.45, 2.75) is 138 Å². The van der Waals surface area contributed by atoms with Crippen LogP contribution in [0.3, 0.4) is 0 Å². The van der Waals surface area contributed by atoms with E-state index in [0.717, 1.165) is 77.0 Å². The van der Waals surface area contributed by atoms with Crippen molar-refractivity contribution < 1.29 is 28.6 Å². The molecule has 0 aromatic carbocycles. The van der Waals surface area contributed by atoms with Crippen LogP contribution in [0.15, 0.2) is 0 Å². The van der Waals surface area contributed by atoms with Crippen LogP contribution in [0.5, 0.6) is 0 Å². The molecule has 0 aliphatic heterocycles. The Hall–Kier alpha value is -1.59. The summed E-state index contributed by atoms with van der Waals surface area (Å²) in [5.41, 5.74) is 0. The van der Waals surface area contributed by atoms with Gasteiger partial charge in [0.2, 0.25) is 0 Å². The van der Waals surface area contributed by atoms with E-state index in [0.29, 0.717) is 74.6 Å². The Balaban J connectivity index is 2.52. The highest BCUT2D eigenvalue weighted by Crippen LogP contribution is 2.41. The molecular weight excluding hydrogens is 492 g/mol. The second kappa shape index (κ2) is 21.2. The summed E-state index contributed by atoms with van der Waals surface area (Å²) < 4.78 is 16.4. The molecule has 6 heteroatoms. The fraction of sp³-hybridized carbons (Fsp3) is 0.909. The minimum Gasteiger partial charge on any atom is -0.466 e. The van der Waals surface area contributed by atoms with Crippen LogP contribution in [0.2, 0.25) is 0 Å². The molecule has 0 saturated heterocycles. The van der Waals surface area contributed by atoms with E-state index < -0.39 is 0 Å². The van der Waals surface area contributed by atoms with Crippen molar-refractivity contribution in [3.8, 4) is 0 Å². The van der Waals surface area contributed by atoms with Gasteiger partial charge in [0.05, 0.1) is 19.8 Å². The fourth-order valence-electron chi connectivity index (χ4n) is 5.60. The molecule has 1 fully saturated rings. The predicted octanol–water partition coefficient (Wildman–Crippen LogP) is 8.30. The van der Waals surface area contributed by atoms with Gasteiger partial charge in [0.15, 0.2) is 0 Å². The van der Waals surface area contributed by atoms with Gasteiger partial charge in [-0.25, -0.2) is 0 Å². The summed E-state index contributed by atoms with van der Waals surface area (Å²) in [4.78, 5) is 37.0. The largest absolute Gasteiger partial charge is 0.466 e. The smallest absolute Gasteiger partial charge is 0.305 e. The molecule has 39 heavy (non-hydrogen) atoms. The Kier molecular flexibility index (Phi) is 19.3. The van der Waals surface area contributed by atoms with Crippen molar-refractivity contribution in [3.05, 3.63) is 0 Å². The molecule has 1 aliphatic rings. The second-order valence-electron chi connectivity index (χ2n) is 13.1. The summed E-state index contributed by atoms with van der Waals surface area (Å²) in [5, 5.41) is 0. The van der Waals surface area contributed by atoms with Crippen LogP contribution < -0.4 is 0 Å². The van der Waals surface area contributed by atoms with Crippen molar-refractivity contribution in [2.24, 2.45) is 35.5 Å². The maximum Gasteiger partial charge on any atom is 0.305 e. The predicted molar refractivity (Wildman–Crippen MR) is 157 cm³/mol. The van der Waals surface area contributed by atoms with Crippen molar-refractivity contribution in [1.82, 2.24) is 0 Å². The van der Waals surface area contributed by atoms with Gasteiger partial charge in [-0.05, 0) is 106 Å². The SMILES string of the molecule is CC(C)CCCOC(=O)CCC1CCC(CCC(=O)OCCCC(C)C)C(CCC(=O)OCCCC(C)C)C1. The molecular formula is C33H60O6. The molecule has 0 radical (unpaired) electrons. The number of rotatable bonds is 21. The normalized spacial score (nSPS) is 19.5. The van der Waals surface area contributed by atoms with E-state index >= 15 is 0 Å². The monoisotopic (exact) mass is 552 g/mol. The van der Waals surface area contributed by atoms with Gasteiger partial charge in [0.25, 0.3) is 0 Å². The van der Waals surface area contributed by atoms with E-state index in [1.54, 1.807) is 0 Å². The molecule has 3 unspecified atom stereocenters. The van der Waals surface area contributed by atoms with E-state index in [9.17, 15) is 14.4 Å². The Morgan fingerprint density at radius 1 is 0.564 bits per heavy atom. The Labute approximate surface area is 239 Å². The van der Waals surface area contributed by atoms with Gasteiger partial charge >= 0.3 is 17.9 Å². The highest BCUT2D eigenvalue weighted by Gasteiger charge is 2.31. The summed E-state index contributed by atoms with van der Waals surface area (Å²) >= 11 is 0. The number of carbonyl (C=O) groups excluding carboxylic acids is 3. The lowest BCUT2D eigenvalue weighted by Gasteiger charge is -2.36. The zero-order valence-electron chi connectivity index (χ0n) is 26.1. The van der Waals surface area contributed by atoms with Gasteiger partial charge < -0.3 is 14.2 Å². The number of hydrogen-bond acceptors (Lipinski definition) is 6. The number of carbonyl (C=O) groups is 3. The van der Waals surface area contributed by atoms with Crippen LogP contribution in [0.1, 0.15) is 138 Å². The molecule has 0 amide bonds. The third-order valence-corrected chi connectivity index (χ3v) is 8.01. The number of ether oxygens (including phenoxy) is 3. The quantitative estimate of drug-likeness (QED) is 0.0809. The van der Waals surface area contributed by atoms with Crippen LogP contribution >= 0.6 is 0 Å². The lowest BCUT2D eigenvalue weighted by Crippen LogP contribution is -2.27. The minimum atomic E-state index is -0.117. The third kappa shape index (κ3) is 19.2. The van der Waals surface area contributed by atoms with Crippen molar-refractivity contribution in [2.75, 3.05) is 19.8 Å². The van der Waals surface area contributed by atoms with Gasteiger partial charge in [-0.15, -0.1) is 0 Å². The highest BCUT2D eigenvalue weighted by molar-refractivity contribution is 5.70. The van der Waals surface area contributed by atoms with Crippen LogP contribution in [0, 0.1) is 35.5 Å². The van der Waals surface area contributed by atoms with Gasteiger partial charge in [-0.2, -0.15) is 0 Å². The van der Waals surface area contributed by atoms with Crippen LogP contribution in [0.4, 0.5) is 0 Å². The first-order valence-electron chi connectivity index (χ1n) is 16.0. The second-order valence-corrected chi connectivity index (χ2v) is 13.1. The lowest BCUT2D eigenvalue weighted by atomic mass is 9.69. The summed E-state index contributed by atoms with van der Waals surface area (Å²) in [7, 11) is 0. The summed E-state index contributed by atoms with van der Waals surface area (Å²) in [6.07, 6.45) is 12.8. The van der Waals surface area contributed by atoms with E-state index in [2.05, 4.69) is 41.5 Å². The van der Waals surface area contributed by atoms with Gasteiger partial charge in [-0.1, -0.05) is 48.0 Å². The first-order valence-corrected chi connectivity index (χ1v) is 16.0. The zero-order chi connectivity index (χ0) is 29.0. The Morgan fingerprint density at radius 2 is 0.949 bits per heavy atom. The first-order chi connectivity index (χ1) is 18.6. The molecule has 228 valence electrons. The zero-order valence-corrected chi connectivity index (χ0v) is 26.1. The molecule has 0 heterocycles. The minimum absolute atomic E-state index is 0.0948. The summed E-state index contributed by atoms with van der Waals surface area (Å²) in [5.74, 6) is 2.76. The molecule has 0 aromatic heterocycles. The van der Waals surface area contributed by atoms with Crippen LogP contribution in [0.25, 0.3) is 0 Å². The van der Waals surface area contributed by atoms with Gasteiger partial charge in [-0.3, -0.25) is 14.4 Å². The highest BCUT2D eigenvalue weighted by atomic mass is 16.5. The first kappa shape index (κ1) is 35.4. The molecule has 0 spiro atoms. The standard InChI is InChI=1S/C33H60O6/c1-25(2)10-7-21-37-31(34)18-14-28-13-15-29(16-19-32(35)38-22-8-11-26(3)4)30(24-28)17-20-33(36)39-23-9-12-27(5)6/h25-30H,7-24H2,1-6H3. The summed E-state index contributed by atoms with van der Waals surface area (Å²) in [6, 6.07) is 0. The van der Waals surface area contributed by atoms with Crippen LogP contribution in [-0.4, -0.2) is 37.7 Å². The van der Waals surface area contributed by atoms with E-state index in [1.807, 2.05) is 0 Å². The maximum absolute atomic E-state index is 12.4.